The van der Waals surface area contributed by atoms with E-state index < -0.39 is 10.8 Å². The monoisotopic (exact) mass is 466 g/mol. The molecule has 2 aromatic carbocycles. The van der Waals surface area contributed by atoms with E-state index in [1.54, 1.807) is 9.80 Å². The first-order chi connectivity index (χ1) is 16.4. The van der Waals surface area contributed by atoms with Crippen LogP contribution in [0.2, 0.25) is 0 Å². The van der Waals surface area contributed by atoms with Crippen molar-refractivity contribution in [1.82, 2.24) is 4.90 Å². The highest BCUT2D eigenvalue weighted by molar-refractivity contribution is 6.00. The second kappa shape index (κ2) is 9.90. The molecule has 1 atom stereocenters. The quantitative estimate of drug-likeness (QED) is 0.516. The lowest BCUT2D eigenvalue weighted by Gasteiger charge is -2.33. The Hall–Kier alpha value is -3.95. The van der Waals surface area contributed by atoms with Crippen LogP contribution in [0.5, 0.6) is 5.75 Å². The number of non-ortho nitro benzene ring substituents is 1. The van der Waals surface area contributed by atoms with Gasteiger partial charge in [0, 0.05) is 49.8 Å². The number of nitro groups is 1. The second-order valence-electron chi connectivity index (χ2n) is 8.47. The first-order valence-electron chi connectivity index (χ1n) is 11.1. The van der Waals surface area contributed by atoms with E-state index in [0.29, 0.717) is 38.2 Å². The molecule has 0 spiro atoms. The predicted octanol–water partition coefficient (Wildman–Crippen LogP) is 2.83. The summed E-state index contributed by atoms with van der Waals surface area (Å²) in [5.74, 6) is -0.792. The fourth-order valence-corrected chi connectivity index (χ4v) is 4.49. The second-order valence-corrected chi connectivity index (χ2v) is 8.47. The Morgan fingerprint density at radius 1 is 1.09 bits per heavy atom. The van der Waals surface area contributed by atoms with Gasteiger partial charge < -0.3 is 19.9 Å². The Kier molecular flexibility index (Phi) is 6.76. The molecule has 4 rings (SSSR count). The van der Waals surface area contributed by atoms with Crippen LogP contribution in [0.15, 0.2) is 48.5 Å². The van der Waals surface area contributed by atoms with E-state index >= 15 is 0 Å². The lowest BCUT2D eigenvalue weighted by Crippen LogP contribution is -2.44. The van der Waals surface area contributed by atoms with Gasteiger partial charge in [-0.1, -0.05) is 18.2 Å². The summed E-state index contributed by atoms with van der Waals surface area (Å²) in [6, 6.07) is 13.3. The first kappa shape index (κ1) is 23.2. The number of ether oxygens (including phenoxy) is 1. The number of amides is 3. The van der Waals surface area contributed by atoms with Gasteiger partial charge in [-0.3, -0.25) is 24.5 Å². The Labute approximate surface area is 196 Å². The fraction of sp³-hybridized carbons (Fsp3) is 0.375. The Balaban J connectivity index is 1.33. The van der Waals surface area contributed by atoms with Crippen molar-refractivity contribution >= 4 is 34.8 Å². The molecule has 0 saturated carbocycles. The number of anilines is 2. The van der Waals surface area contributed by atoms with Gasteiger partial charge in [-0.25, -0.2) is 0 Å². The van der Waals surface area contributed by atoms with Crippen molar-refractivity contribution in [3.8, 4) is 5.75 Å². The van der Waals surface area contributed by atoms with Crippen molar-refractivity contribution in [3.05, 3.63) is 58.6 Å². The number of nitro benzene ring substituents is 1. The smallest absolute Gasteiger partial charge is 0.271 e. The molecule has 10 heteroatoms. The maximum atomic E-state index is 13.0. The topological polar surface area (TPSA) is 122 Å². The van der Waals surface area contributed by atoms with Crippen molar-refractivity contribution in [2.45, 2.75) is 19.3 Å². The molecule has 2 aliphatic rings. The molecule has 34 heavy (non-hydrogen) atoms. The minimum absolute atomic E-state index is 0.0639. The van der Waals surface area contributed by atoms with Crippen LogP contribution in [-0.4, -0.2) is 54.3 Å². The van der Waals surface area contributed by atoms with Gasteiger partial charge in [0.1, 0.15) is 5.75 Å². The molecule has 2 aliphatic heterocycles. The number of rotatable bonds is 6. The van der Waals surface area contributed by atoms with Crippen molar-refractivity contribution in [1.29, 1.82) is 0 Å². The molecule has 2 fully saturated rings. The first-order valence-corrected chi connectivity index (χ1v) is 11.1. The minimum Gasteiger partial charge on any atom is -0.495 e. The molecule has 10 nitrogen and oxygen atoms in total. The summed E-state index contributed by atoms with van der Waals surface area (Å²) in [5, 5.41) is 13.8. The van der Waals surface area contributed by atoms with E-state index in [9.17, 15) is 24.5 Å². The van der Waals surface area contributed by atoms with Gasteiger partial charge >= 0.3 is 0 Å². The van der Waals surface area contributed by atoms with Crippen molar-refractivity contribution < 1.29 is 24.0 Å². The summed E-state index contributed by atoms with van der Waals surface area (Å²) in [7, 11) is 1.42. The van der Waals surface area contributed by atoms with E-state index in [1.165, 1.54) is 25.3 Å². The molecule has 1 N–H and O–H groups in total. The van der Waals surface area contributed by atoms with Crippen LogP contribution in [0.4, 0.5) is 17.1 Å². The Morgan fingerprint density at radius 3 is 2.44 bits per heavy atom. The maximum absolute atomic E-state index is 13.0. The van der Waals surface area contributed by atoms with Crippen molar-refractivity contribution in [2.75, 3.05) is 37.0 Å². The van der Waals surface area contributed by atoms with Gasteiger partial charge in [-0.05, 0) is 31.0 Å². The minimum atomic E-state index is -0.536. The van der Waals surface area contributed by atoms with Crippen LogP contribution in [0.1, 0.15) is 19.3 Å². The average molecular weight is 466 g/mol. The fourth-order valence-electron chi connectivity index (χ4n) is 4.49. The highest BCUT2D eigenvalue weighted by atomic mass is 16.6. The highest BCUT2D eigenvalue weighted by Gasteiger charge is 2.38. The van der Waals surface area contributed by atoms with Gasteiger partial charge in [0.2, 0.25) is 17.7 Å². The normalized spacial score (nSPS) is 18.6. The van der Waals surface area contributed by atoms with Crippen LogP contribution in [-0.2, 0) is 14.4 Å². The number of piperidine rings is 1. The summed E-state index contributed by atoms with van der Waals surface area (Å²) >= 11 is 0. The lowest BCUT2D eigenvalue weighted by atomic mass is 9.94. The number of hydrogen-bond acceptors (Lipinski definition) is 6. The van der Waals surface area contributed by atoms with E-state index in [0.717, 1.165) is 5.69 Å². The number of benzene rings is 2. The SMILES string of the molecule is COc1ccc([N+](=O)[O-])cc1NC(=O)C1CCN(C(=O)C2CC(=O)N(c3ccccc3)C2)CC1. The van der Waals surface area contributed by atoms with Gasteiger partial charge in [0.15, 0.2) is 0 Å². The number of methoxy groups -OCH3 is 1. The lowest BCUT2D eigenvalue weighted by molar-refractivity contribution is -0.384. The number of carbonyl (C=O) groups excluding carboxylic acids is 3. The third-order valence-corrected chi connectivity index (χ3v) is 6.37. The molecule has 2 heterocycles. The zero-order valence-corrected chi connectivity index (χ0v) is 18.8. The molecule has 1 unspecified atom stereocenters. The zero-order chi connectivity index (χ0) is 24.2. The largest absolute Gasteiger partial charge is 0.495 e. The van der Waals surface area contributed by atoms with Crippen LogP contribution in [0.3, 0.4) is 0 Å². The average Bonchev–Trinajstić information content (AvgIpc) is 3.25. The molecule has 2 saturated heterocycles. The van der Waals surface area contributed by atoms with Crippen molar-refractivity contribution in [2.24, 2.45) is 11.8 Å². The van der Waals surface area contributed by atoms with Gasteiger partial charge in [-0.2, -0.15) is 0 Å². The van der Waals surface area contributed by atoms with Crippen LogP contribution < -0.4 is 15.0 Å². The molecular formula is C24H26N4O6. The Morgan fingerprint density at radius 2 is 1.79 bits per heavy atom. The van der Waals surface area contributed by atoms with Gasteiger partial charge in [-0.15, -0.1) is 0 Å². The van der Waals surface area contributed by atoms with E-state index in [1.807, 2.05) is 30.3 Å². The van der Waals surface area contributed by atoms with Crippen LogP contribution in [0, 0.1) is 22.0 Å². The van der Waals surface area contributed by atoms with Gasteiger partial charge in [0.25, 0.3) is 5.69 Å². The molecule has 2 aromatic rings. The molecule has 0 aromatic heterocycles. The third-order valence-electron chi connectivity index (χ3n) is 6.37. The predicted molar refractivity (Wildman–Crippen MR) is 124 cm³/mol. The number of likely N-dealkylation sites (tertiary alicyclic amines) is 1. The van der Waals surface area contributed by atoms with Gasteiger partial charge in [0.05, 0.1) is 23.6 Å². The summed E-state index contributed by atoms with van der Waals surface area (Å²) < 4.78 is 5.20. The number of hydrogen-bond donors (Lipinski definition) is 1. The number of carbonyl (C=O) groups is 3. The summed E-state index contributed by atoms with van der Waals surface area (Å²) in [5.41, 5.74) is 0.882. The molecule has 0 bridgehead atoms. The molecule has 3 amide bonds. The zero-order valence-electron chi connectivity index (χ0n) is 18.8. The maximum Gasteiger partial charge on any atom is 0.271 e. The van der Waals surface area contributed by atoms with E-state index in [2.05, 4.69) is 5.32 Å². The third kappa shape index (κ3) is 4.85. The summed E-state index contributed by atoms with van der Waals surface area (Å²) in [6.07, 6.45) is 1.12. The molecule has 0 aliphatic carbocycles. The van der Waals surface area contributed by atoms with Crippen molar-refractivity contribution in [3.63, 3.8) is 0 Å². The number of para-hydroxylation sites is 1. The number of nitrogens with zero attached hydrogens (tertiary/aromatic N) is 3. The van der Waals surface area contributed by atoms with Crippen LogP contribution in [0.25, 0.3) is 0 Å². The highest BCUT2D eigenvalue weighted by Crippen LogP contribution is 2.31. The standard InChI is InChI=1S/C24H26N4O6/c1-34-21-8-7-19(28(32)33)14-20(21)25-23(30)16-9-11-26(12-10-16)24(31)17-13-22(29)27(15-17)18-5-3-2-4-6-18/h2-8,14,16-17H,9-13,15H2,1H3,(H,25,30). The molecular weight excluding hydrogens is 440 g/mol. The van der Waals surface area contributed by atoms with E-state index in [4.69, 9.17) is 4.74 Å². The number of nitrogens with one attached hydrogen (secondary N) is 1. The summed E-state index contributed by atoms with van der Waals surface area (Å²) in [6.45, 7) is 1.19. The molecule has 0 radical (unpaired) electrons. The van der Waals surface area contributed by atoms with Crippen LogP contribution >= 0.6 is 0 Å². The Bertz CT molecular complexity index is 1100. The molecule has 178 valence electrons. The van der Waals surface area contributed by atoms with E-state index in [-0.39, 0.29) is 41.4 Å². The summed E-state index contributed by atoms with van der Waals surface area (Å²) in [4.78, 5) is 52.2.